The number of hydrogen-bond donors (Lipinski definition) is 1. The van der Waals surface area contributed by atoms with Crippen LogP contribution < -0.4 is 5.32 Å². The van der Waals surface area contributed by atoms with Crippen LogP contribution in [0.1, 0.15) is 32.8 Å². The molecule has 1 rings (SSSR count). The molecule has 0 saturated heterocycles. The van der Waals surface area contributed by atoms with Gasteiger partial charge in [0, 0.05) is 6.04 Å². The number of anilines is 1. The van der Waals surface area contributed by atoms with Crippen molar-refractivity contribution in [3.05, 3.63) is 20.1 Å². The number of esters is 1. The van der Waals surface area contributed by atoms with E-state index in [1.165, 1.54) is 7.11 Å². The fourth-order valence-electron chi connectivity index (χ4n) is 1.69. The summed E-state index contributed by atoms with van der Waals surface area (Å²) < 4.78 is 19.1. The first-order chi connectivity index (χ1) is 10.1. The zero-order chi connectivity index (χ0) is 17.1. The minimum absolute atomic E-state index is 0.00871. The number of hydrogen-bond acceptors (Lipinski definition) is 5. The van der Waals surface area contributed by atoms with Gasteiger partial charge in [-0.15, -0.1) is 0 Å². The van der Waals surface area contributed by atoms with E-state index >= 15 is 0 Å². The van der Waals surface area contributed by atoms with E-state index in [0.29, 0.717) is 0 Å². The van der Waals surface area contributed by atoms with Gasteiger partial charge in [-0.2, -0.15) is 5.26 Å². The van der Waals surface area contributed by atoms with E-state index < -0.39 is 17.8 Å². The molecule has 5 nitrogen and oxygen atoms in total. The van der Waals surface area contributed by atoms with Crippen LogP contribution in [-0.4, -0.2) is 24.1 Å². The number of nitriles is 1. The number of nitrogens with one attached hydrogen (secondary N) is 1. The molecular formula is C14H16ClFIN3O2. The average molecular weight is 440 g/mol. The molecule has 0 spiro atoms. The summed E-state index contributed by atoms with van der Waals surface area (Å²) in [5.74, 6) is -1.17. The Morgan fingerprint density at radius 3 is 2.64 bits per heavy atom. The number of methoxy groups -OCH3 is 1. The predicted octanol–water partition coefficient (Wildman–Crippen LogP) is 3.74. The number of nitrogens with zero attached hydrogens (tertiary/aromatic N) is 2. The third-order valence-corrected chi connectivity index (χ3v) is 4.39. The topological polar surface area (TPSA) is 75.0 Å². The van der Waals surface area contributed by atoms with Gasteiger partial charge in [-0.1, -0.05) is 32.4 Å². The van der Waals surface area contributed by atoms with Gasteiger partial charge in [0.25, 0.3) is 0 Å². The molecule has 8 heteroatoms. The average Bonchev–Trinajstić information content (AvgIpc) is 2.42. The lowest BCUT2D eigenvalue weighted by Crippen LogP contribution is -2.37. The maximum absolute atomic E-state index is 14.3. The number of ether oxygens (including phenoxy) is 1. The Morgan fingerprint density at radius 2 is 2.18 bits per heavy atom. The fraction of sp³-hybridized carbons (Fsp3) is 0.500. The van der Waals surface area contributed by atoms with Crippen LogP contribution in [0.25, 0.3) is 0 Å². The smallest absolute Gasteiger partial charge is 0.307 e. The molecule has 0 aromatic carbocycles. The Bertz CT molecular complexity index is 626. The lowest BCUT2D eigenvalue weighted by molar-refractivity contribution is -0.141. The molecule has 22 heavy (non-hydrogen) atoms. The van der Waals surface area contributed by atoms with Crippen LogP contribution in [0, 0.1) is 26.1 Å². The van der Waals surface area contributed by atoms with Crippen molar-refractivity contribution >= 4 is 46.0 Å². The first kappa shape index (κ1) is 18.9. The molecule has 0 saturated carbocycles. The minimum atomic E-state index is -0.666. The van der Waals surface area contributed by atoms with E-state index in [1.807, 2.05) is 26.8 Å². The molecule has 0 unspecified atom stereocenters. The molecule has 1 atom stereocenters. The van der Waals surface area contributed by atoms with Gasteiger partial charge in [0.15, 0.2) is 16.8 Å². The lowest BCUT2D eigenvalue weighted by atomic mass is 9.84. The van der Waals surface area contributed by atoms with E-state index in [4.69, 9.17) is 16.9 Å². The fourth-order valence-corrected chi connectivity index (χ4v) is 2.70. The van der Waals surface area contributed by atoms with Crippen LogP contribution in [0.2, 0.25) is 5.15 Å². The Labute approximate surface area is 147 Å². The molecule has 0 amide bonds. The molecule has 0 bridgehead atoms. The molecule has 0 aliphatic carbocycles. The van der Waals surface area contributed by atoms with Gasteiger partial charge in [0.05, 0.1) is 17.1 Å². The summed E-state index contributed by atoms with van der Waals surface area (Å²) in [5, 5.41) is 11.8. The molecule has 120 valence electrons. The molecule has 0 fully saturated rings. The summed E-state index contributed by atoms with van der Waals surface area (Å²) in [5.41, 5.74) is -0.362. The Balaban J connectivity index is 3.20. The van der Waals surface area contributed by atoms with Gasteiger partial charge in [0.1, 0.15) is 11.6 Å². The lowest BCUT2D eigenvalue weighted by Gasteiger charge is -2.31. The number of carbonyl (C=O) groups excluding carboxylic acids is 1. The van der Waals surface area contributed by atoms with E-state index in [9.17, 15) is 9.18 Å². The van der Waals surface area contributed by atoms with Gasteiger partial charge >= 0.3 is 5.97 Å². The van der Waals surface area contributed by atoms with Crippen molar-refractivity contribution in [1.29, 1.82) is 5.26 Å². The molecular weight excluding hydrogens is 424 g/mol. The normalized spacial score (nSPS) is 12.5. The van der Waals surface area contributed by atoms with E-state index in [1.54, 1.807) is 22.6 Å². The van der Waals surface area contributed by atoms with Crippen LogP contribution in [-0.2, 0) is 9.53 Å². The van der Waals surface area contributed by atoms with Crippen molar-refractivity contribution in [3.63, 3.8) is 0 Å². The second-order valence-electron chi connectivity index (χ2n) is 5.71. The number of pyridine rings is 1. The summed E-state index contributed by atoms with van der Waals surface area (Å²) in [6.07, 6.45) is 0.0509. The monoisotopic (exact) mass is 439 g/mol. The second-order valence-corrected chi connectivity index (χ2v) is 7.15. The van der Waals surface area contributed by atoms with Crippen molar-refractivity contribution in [2.75, 3.05) is 12.4 Å². The van der Waals surface area contributed by atoms with Crippen molar-refractivity contribution in [2.45, 2.75) is 33.2 Å². The molecule has 0 radical (unpaired) electrons. The van der Waals surface area contributed by atoms with Crippen LogP contribution in [0.4, 0.5) is 10.2 Å². The molecule has 1 heterocycles. The Kier molecular flexibility index (Phi) is 6.38. The third kappa shape index (κ3) is 4.43. The van der Waals surface area contributed by atoms with Crippen molar-refractivity contribution < 1.29 is 13.9 Å². The van der Waals surface area contributed by atoms with E-state index in [2.05, 4.69) is 15.0 Å². The summed E-state index contributed by atoms with van der Waals surface area (Å²) in [4.78, 5) is 15.4. The van der Waals surface area contributed by atoms with Crippen molar-refractivity contribution in [1.82, 2.24) is 4.98 Å². The quantitative estimate of drug-likeness (QED) is 0.439. The van der Waals surface area contributed by atoms with Crippen LogP contribution >= 0.6 is 34.2 Å². The van der Waals surface area contributed by atoms with Crippen LogP contribution in [0.15, 0.2) is 0 Å². The standard InChI is InChI=1S/C14H16ClFIN3O2/c1-14(2,3)8(5-9(21)22-4)19-13-10(16)11(17)7(6-18)12(15)20-13/h8H,5H2,1-4H3,(H,19,20)/t8-/m1/s1. The zero-order valence-electron chi connectivity index (χ0n) is 12.6. The summed E-state index contributed by atoms with van der Waals surface area (Å²) in [7, 11) is 1.29. The summed E-state index contributed by atoms with van der Waals surface area (Å²) >= 11 is 7.60. The highest BCUT2D eigenvalue weighted by Crippen LogP contribution is 2.30. The molecule has 1 N–H and O–H groups in total. The number of halogens is 3. The van der Waals surface area contributed by atoms with Gasteiger partial charge in [0.2, 0.25) is 0 Å². The summed E-state index contributed by atoms with van der Waals surface area (Å²) in [6, 6.07) is 1.40. The maximum Gasteiger partial charge on any atom is 0.307 e. The van der Waals surface area contributed by atoms with E-state index in [-0.39, 0.29) is 31.9 Å². The molecule has 1 aromatic heterocycles. The van der Waals surface area contributed by atoms with Gasteiger partial charge in [-0.3, -0.25) is 4.79 Å². The number of rotatable bonds is 4. The Morgan fingerprint density at radius 1 is 1.59 bits per heavy atom. The molecule has 0 aliphatic heterocycles. The maximum atomic E-state index is 14.3. The zero-order valence-corrected chi connectivity index (χ0v) is 15.5. The first-order valence-corrected chi connectivity index (χ1v) is 7.85. The van der Waals surface area contributed by atoms with Gasteiger partial charge in [-0.05, 0) is 28.0 Å². The van der Waals surface area contributed by atoms with Crippen LogP contribution in [0.3, 0.4) is 0 Å². The SMILES string of the molecule is COC(=O)C[C@@H](Nc1nc(Cl)c(C#N)c(I)c1F)C(C)(C)C. The highest BCUT2D eigenvalue weighted by molar-refractivity contribution is 14.1. The van der Waals surface area contributed by atoms with E-state index in [0.717, 1.165) is 0 Å². The highest BCUT2D eigenvalue weighted by Gasteiger charge is 2.29. The Hall–Kier alpha value is -1.14. The van der Waals surface area contributed by atoms with Crippen LogP contribution in [0.5, 0.6) is 0 Å². The van der Waals surface area contributed by atoms with Gasteiger partial charge in [-0.25, -0.2) is 9.37 Å². The first-order valence-electron chi connectivity index (χ1n) is 6.39. The third-order valence-electron chi connectivity index (χ3n) is 3.10. The number of aromatic nitrogens is 1. The largest absolute Gasteiger partial charge is 0.469 e. The number of carbonyl (C=O) groups is 1. The summed E-state index contributed by atoms with van der Waals surface area (Å²) in [6.45, 7) is 5.71. The minimum Gasteiger partial charge on any atom is -0.469 e. The molecule has 0 aliphatic rings. The second kappa shape index (κ2) is 7.42. The van der Waals surface area contributed by atoms with Crippen molar-refractivity contribution in [2.24, 2.45) is 5.41 Å². The highest BCUT2D eigenvalue weighted by atomic mass is 127. The molecule has 1 aromatic rings. The predicted molar refractivity (Wildman–Crippen MR) is 90.1 cm³/mol. The van der Waals surface area contributed by atoms with Gasteiger partial charge < -0.3 is 10.1 Å². The van der Waals surface area contributed by atoms with Crippen molar-refractivity contribution in [3.8, 4) is 6.07 Å².